The van der Waals surface area contributed by atoms with Crippen LogP contribution in [0.2, 0.25) is 0 Å². The van der Waals surface area contributed by atoms with Crippen LogP contribution in [0.5, 0.6) is 0 Å². The van der Waals surface area contributed by atoms with Gasteiger partial charge in [-0.15, -0.1) is 0 Å². The van der Waals surface area contributed by atoms with Gasteiger partial charge in [-0.3, -0.25) is 38.4 Å². The Hall–Kier alpha value is -6.96. The molecule has 9 atom stereocenters. The van der Waals surface area contributed by atoms with E-state index in [4.69, 9.17) is 75.2 Å². The van der Waals surface area contributed by atoms with E-state index in [9.17, 15) is 76.7 Å². The molecule has 0 heterocycles. The van der Waals surface area contributed by atoms with E-state index in [-0.39, 0.29) is 119 Å². The Labute approximate surface area is 700 Å². The van der Waals surface area contributed by atoms with Crippen molar-refractivity contribution in [2.24, 2.45) is 41.2 Å². The molecule has 9 N–H and O–H groups in total. The van der Waals surface area contributed by atoms with Crippen LogP contribution in [0, 0.1) is 35.5 Å². The Kier molecular flexibility index (Phi) is 47.7. The quantitative estimate of drug-likeness (QED) is 0.0284. The van der Waals surface area contributed by atoms with Gasteiger partial charge in [-0.1, -0.05) is 88.4 Å². The molecular formula is C74H100B15N8O16PS2. The minimum Gasteiger partial charge on any atom is -0.0622 e. The molecule has 9 unspecified atom stereocenters. The third-order valence-corrected chi connectivity index (χ3v) is 25.8. The van der Waals surface area contributed by atoms with Gasteiger partial charge in [0.1, 0.15) is 19.1 Å². The van der Waals surface area contributed by atoms with Crippen LogP contribution in [0.25, 0.3) is 0 Å². The molecule has 0 saturated carbocycles. The van der Waals surface area contributed by atoms with Crippen molar-refractivity contribution in [3.8, 4) is 0 Å². The van der Waals surface area contributed by atoms with E-state index in [0.29, 0.717) is 16.7 Å². The smallest absolute Gasteiger partial charge is 0.0622 e. The fourth-order valence-electron chi connectivity index (χ4n) is 12.5. The fourth-order valence-corrected chi connectivity index (χ4v) is 16.0. The maximum atomic E-state index is 14.4. The summed E-state index contributed by atoms with van der Waals surface area (Å²) in [5.41, 5.74) is 8.10. The number of rotatable bonds is 54. The molecule has 0 aliphatic carbocycles. The zero-order valence-corrected chi connectivity index (χ0v) is 70.1. The SMILES string of the molecule is [B]B=S(=B[B])(B([B])[B])C(=O)CCC(=O)C(CC(C)C)NC(=O)C(CC(=O)CNC(=O)CCC(NC(=O)C(N)CCC(=O)NCC(=O)CC(Cc1ccccc1)C(=O)NC(CC(C)C)C(=O)CCC(=O)P([B])C)C(=O)NCC(=O)CC(Cc1ccccc1)C(=O)NC(CC(C)C)C(=O)CCC(=O)S(=B[B])(=B[B])B([B])[B])Cc1ccccc1. The van der Waals surface area contributed by atoms with Crippen LogP contribution in [0.15, 0.2) is 91.0 Å². The second-order valence-electron chi connectivity index (χ2n) is 30.1. The molecule has 0 saturated heterocycles. The molecule has 594 valence electrons. The van der Waals surface area contributed by atoms with E-state index in [2.05, 4.69) is 37.2 Å². The van der Waals surface area contributed by atoms with Crippen molar-refractivity contribution in [1.29, 1.82) is 0 Å². The number of nitrogens with two attached hydrogens (primary N) is 1. The Morgan fingerprint density at radius 3 is 0.983 bits per heavy atom. The van der Waals surface area contributed by atoms with Crippen molar-refractivity contribution in [2.75, 3.05) is 26.3 Å². The summed E-state index contributed by atoms with van der Waals surface area (Å²) >= 11 is 0. The third kappa shape index (κ3) is 36.7. The molecule has 0 bridgehead atoms. The number of amides is 7. The van der Waals surface area contributed by atoms with Crippen molar-refractivity contribution in [3.05, 3.63) is 108 Å². The predicted octanol–water partition coefficient (Wildman–Crippen LogP) is 0.641. The van der Waals surface area contributed by atoms with Gasteiger partial charge in [0.25, 0.3) is 0 Å². The molecule has 0 aliphatic heterocycles. The first-order chi connectivity index (χ1) is 54.7. The third-order valence-electron chi connectivity index (χ3n) is 19.2. The number of Topliss-reactive ketones (excluding diaryl/α,β-unsaturated/α-hetero) is 6. The van der Waals surface area contributed by atoms with Crippen LogP contribution in [0.4, 0.5) is 0 Å². The van der Waals surface area contributed by atoms with Crippen LogP contribution < -0.4 is 43.0 Å². The van der Waals surface area contributed by atoms with Crippen LogP contribution in [0.1, 0.15) is 161 Å². The second-order valence-corrected chi connectivity index (χ2v) is 38.0. The molecule has 3 aromatic carbocycles. The summed E-state index contributed by atoms with van der Waals surface area (Å²) in [6.45, 7) is 10.7. The molecular weight excluding hydrogens is 1510 g/mol. The summed E-state index contributed by atoms with van der Waals surface area (Å²) in [4.78, 5) is 220. The van der Waals surface area contributed by atoms with E-state index < -0.39 is 217 Å². The number of hydrogen-bond acceptors (Lipinski definition) is 17. The van der Waals surface area contributed by atoms with Gasteiger partial charge in [-0.25, -0.2) is 0 Å². The standard InChI is InChI=1S/C74H100B15N8O16PS2/c1-45(2)33-59(62(101)25-30-67(106)114(7)83)95-70(109)51(36-48-17-11-8-12-18-48)39-54(98)42-91-65(104)28-23-57(90)73(112)94-58(74(113)93-44-56(100)41-53(38-50-21-15-10-16-22-50)72(111)97-61(35-47(5)6)64(103)27-32-69(108)116(86-77,87-78)89(81)82)24-29-66(105)92-43-55(99)40-52(37-49-19-13-9-14-20-49)71(110)96-60(34-46(3)4)63(102)26-31-68(107)115(84-75,85-76)88(79)80/h8-22,45-47,51-53,57-61H,23-44,90H2,1-7H3,(H,91,104)(H,92,105)(H,93,113)(H,94,112)(H,95,109)(H,96,110)(H,97,111). The van der Waals surface area contributed by atoms with Gasteiger partial charge in [0, 0.05) is 38.0 Å². The minimum absolute atomic E-state index is 0.0156. The Balaban J connectivity index is 1.90. The van der Waals surface area contributed by atoms with Gasteiger partial charge >= 0.3 is 385 Å². The summed E-state index contributed by atoms with van der Waals surface area (Å²) in [6.07, 6.45) is -4.10. The summed E-state index contributed by atoms with van der Waals surface area (Å²) in [7, 11) is 45.4. The number of nitrogens with one attached hydrogen (secondary N) is 7. The van der Waals surface area contributed by atoms with E-state index in [1.165, 1.54) is 0 Å². The minimum atomic E-state index is -2.81. The topological polar surface area (TPSA) is 383 Å². The van der Waals surface area contributed by atoms with Crippen LogP contribution in [-0.4, -0.2) is 254 Å². The van der Waals surface area contributed by atoms with Gasteiger partial charge in [-0.2, -0.15) is 0 Å². The average molecular weight is 1610 g/mol. The van der Waals surface area contributed by atoms with Gasteiger partial charge in [-0.05, 0) is 43.8 Å². The van der Waals surface area contributed by atoms with Crippen molar-refractivity contribution in [3.63, 3.8) is 0 Å². The zero-order chi connectivity index (χ0) is 87.0. The molecule has 24 nitrogen and oxygen atoms in total. The molecule has 0 aliphatic rings. The van der Waals surface area contributed by atoms with E-state index in [1.807, 2.05) is 41.5 Å². The monoisotopic (exact) mass is 1620 g/mol. The number of carbonyl (C=O) groups is 16. The van der Waals surface area contributed by atoms with Gasteiger partial charge in [0.15, 0.2) is 11.6 Å². The molecule has 7 amide bonds. The Morgan fingerprint density at radius 1 is 0.397 bits per heavy atom. The molecule has 116 heavy (non-hydrogen) atoms. The summed E-state index contributed by atoms with van der Waals surface area (Å²) < 4.78 is 0. The normalized spacial score (nSPS) is 13.5. The van der Waals surface area contributed by atoms with Gasteiger partial charge in [0.05, 0.1) is 18.6 Å². The summed E-state index contributed by atoms with van der Waals surface area (Å²) in [6, 6.07) is 23.9. The first kappa shape index (κ1) is 103. The van der Waals surface area contributed by atoms with Crippen LogP contribution in [-0.2, 0) is 96.0 Å². The maximum absolute atomic E-state index is 14.4. The first-order valence-corrected chi connectivity index (χ1v) is 44.2. The zero-order valence-electron chi connectivity index (χ0n) is 67.6. The number of hydrogen-bond donors (Lipinski definition) is 8. The molecule has 0 spiro atoms. The van der Waals surface area contributed by atoms with Crippen molar-refractivity contribution < 1.29 is 76.7 Å². The second kappa shape index (κ2) is 53.6. The predicted molar refractivity (Wildman–Crippen MR) is 473 cm³/mol. The first-order valence-electron chi connectivity index (χ1n) is 38.7. The summed E-state index contributed by atoms with van der Waals surface area (Å²) in [5.74, 6) is -14.8. The summed E-state index contributed by atoms with van der Waals surface area (Å²) in [5, 5.41) is 17.2. The molecule has 0 aromatic heterocycles. The van der Waals surface area contributed by atoms with Crippen molar-refractivity contribution in [1.82, 2.24) is 37.2 Å². The molecule has 42 heteroatoms. The van der Waals surface area contributed by atoms with E-state index in [0.717, 1.165) is 24.2 Å². The van der Waals surface area contributed by atoms with Crippen molar-refractivity contribution in [2.45, 2.75) is 194 Å². The number of ketones is 6. The van der Waals surface area contributed by atoms with Crippen molar-refractivity contribution >= 4 is 222 Å². The van der Waals surface area contributed by atoms with Gasteiger partial charge in [0.2, 0.25) is 29.5 Å². The van der Waals surface area contributed by atoms with E-state index in [1.54, 1.807) is 97.7 Å². The Morgan fingerprint density at radius 2 is 0.690 bits per heavy atom. The molecule has 0 fully saturated rings. The number of carbonyl (C=O) groups excluding carboxylic acids is 16. The number of benzene rings is 3. The Bertz CT molecular complexity index is 4150. The van der Waals surface area contributed by atoms with Gasteiger partial charge < -0.3 is 32.3 Å². The average Bonchev–Trinajstić information content (AvgIpc) is 0.827. The fraction of sp³-hybridized carbons (Fsp3) is 0.541. The molecule has 3 aromatic rings. The molecule has 18 radical (unpaired) electrons. The molecule has 3 rings (SSSR count). The van der Waals surface area contributed by atoms with Crippen LogP contribution >= 0.6 is 25.3 Å². The van der Waals surface area contributed by atoms with Crippen LogP contribution in [0.3, 0.4) is 0 Å². The van der Waals surface area contributed by atoms with E-state index >= 15 is 0 Å².